The number of nitrogens with zero attached hydrogens (tertiary/aromatic N) is 1. The number of alkyl halides is 2. The Balaban J connectivity index is 2.63. The topological polar surface area (TPSA) is 56.7 Å². The first-order valence-corrected chi connectivity index (χ1v) is 7.12. The van der Waals surface area contributed by atoms with E-state index in [0.717, 1.165) is 0 Å². The van der Waals surface area contributed by atoms with Gasteiger partial charge in [0.15, 0.2) is 5.96 Å². The lowest BCUT2D eigenvalue weighted by Gasteiger charge is -2.16. The fraction of sp³-hybridized carbons (Fsp3) is 0.462. The Bertz CT molecular complexity index is 466. The van der Waals surface area contributed by atoms with E-state index in [2.05, 4.69) is 15.6 Å². The summed E-state index contributed by atoms with van der Waals surface area (Å²) in [5.74, 6) is 0.213. The molecule has 0 fully saturated rings. The summed E-state index contributed by atoms with van der Waals surface area (Å²) in [6.07, 6.45) is -3.41. The van der Waals surface area contributed by atoms with Crippen LogP contribution in [0, 0.1) is 0 Å². The molecule has 0 aromatic heterocycles. The van der Waals surface area contributed by atoms with Crippen LogP contribution in [0.4, 0.5) is 8.78 Å². The predicted molar refractivity (Wildman–Crippen MR) is 81.4 cm³/mol. The van der Waals surface area contributed by atoms with Crippen LogP contribution in [0.2, 0.25) is 10.0 Å². The van der Waals surface area contributed by atoms with Crippen LogP contribution >= 0.6 is 23.2 Å². The van der Waals surface area contributed by atoms with Gasteiger partial charge < -0.3 is 15.7 Å². The monoisotopic (exact) mass is 339 g/mol. The predicted octanol–water partition coefficient (Wildman–Crippen LogP) is 2.85. The lowest BCUT2D eigenvalue weighted by atomic mass is 10.1. The van der Waals surface area contributed by atoms with Crippen molar-refractivity contribution in [3.8, 4) is 0 Å². The molecule has 0 radical (unpaired) electrons. The minimum Gasteiger partial charge on any atom is -0.387 e. The smallest absolute Gasteiger partial charge is 0.257 e. The summed E-state index contributed by atoms with van der Waals surface area (Å²) in [6.45, 7) is 1.82. The van der Waals surface area contributed by atoms with Crippen LogP contribution in [0.25, 0.3) is 0 Å². The molecule has 1 aromatic carbocycles. The lowest BCUT2D eigenvalue weighted by Crippen LogP contribution is -2.39. The number of benzene rings is 1. The van der Waals surface area contributed by atoms with E-state index in [-0.39, 0.29) is 12.5 Å². The third kappa shape index (κ3) is 6.93. The summed E-state index contributed by atoms with van der Waals surface area (Å²) in [6, 6.07) is 4.73. The van der Waals surface area contributed by atoms with Gasteiger partial charge in [-0.25, -0.2) is 13.8 Å². The molecule has 8 heteroatoms. The molecule has 0 aliphatic rings. The number of halogens is 4. The van der Waals surface area contributed by atoms with Crippen molar-refractivity contribution >= 4 is 29.2 Å². The quantitative estimate of drug-likeness (QED) is 0.551. The number of aliphatic hydroxyl groups excluding tert-OH is 1. The van der Waals surface area contributed by atoms with Crippen molar-refractivity contribution in [3.05, 3.63) is 33.8 Å². The van der Waals surface area contributed by atoms with E-state index < -0.39 is 19.1 Å². The molecule has 118 valence electrons. The number of guanidine groups is 1. The van der Waals surface area contributed by atoms with Crippen molar-refractivity contribution in [1.82, 2.24) is 10.6 Å². The van der Waals surface area contributed by atoms with E-state index in [1.807, 2.05) is 6.92 Å². The number of aliphatic imine (C=N–C) groups is 1. The molecule has 0 heterocycles. The van der Waals surface area contributed by atoms with E-state index in [4.69, 9.17) is 23.2 Å². The molecule has 3 N–H and O–H groups in total. The van der Waals surface area contributed by atoms with Crippen molar-refractivity contribution in [2.75, 3.05) is 19.6 Å². The molecule has 1 unspecified atom stereocenters. The first kappa shape index (κ1) is 17.9. The van der Waals surface area contributed by atoms with Gasteiger partial charge >= 0.3 is 0 Å². The van der Waals surface area contributed by atoms with Gasteiger partial charge in [-0.15, -0.1) is 0 Å². The van der Waals surface area contributed by atoms with Crippen molar-refractivity contribution < 1.29 is 13.9 Å². The van der Waals surface area contributed by atoms with E-state index in [1.165, 1.54) is 0 Å². The molecule has 0 amide bonds. The fourth-order valence-electron chi connectivity index (χ4n) is 1.58. The molecule has 0 aliphatic carbocycles. The summed E-state index contributed by atoms with van der Waals surface area (Å²) < 4.78 is 24.3. The van der Waals surface area contributed by atoms with Crippen LogP contribution in [-0.4, -0.2) is 37.1 Å². The Morgan fingerprint density at radius 1 is 1.24 bits per heavy atom. The third-order valence-corrected chi connectivity index (χ3v) is 2.90. The average molecular weight is 340 g/mol. The number of nitrogens with one attached hydrogen (secondary N) is 2. The van der Waals surface area contributed by atoms with Gasteiger partial charge in [-0.3, -0.25) is 0 Å². The van der Waals surface area contributed by atoms with E-state index in [1.54, 1.807) is 18.2 Å². The average Bonchev–Trinajstić information content (AvgIpc) is 2.40. The minimum atomic E-state index is -2.52. The minimum absolute atomic E-state index is 0.0890. The Labute approximate surface area is 132 Å². The van der Waals surface area contributed by atoms with Crippen molar-refractivity contribution in [3.63, 3.8) is 0 Å². The van der Waals surface area contributed by atoms with Gasteiger partial charge in [0.1, 0.15) is 6.54 Å². The zero-order chi connectivity index (χ0) is 15.8. The Kier molecular flexibility index (Phi) is 7.71. The van der Waals surface area contributed by atoms with Gasteiger partial charge in [0.05, 0.1) is 6.10 Å². The summed E-state index contributed by atoms with van der Waals surface area (Å²) in [5.41, 5.74) is 0.532. The molecular weight excluding hydrogens is 323 g/mol. The van der Waals surface area contributed by atoms with E-state index in [0.29, 0.717) is 22.2 Å². The number of rotatable bonds is 6. The Morgan fingerprint density at radius 3 is 2.38 bits per heavy atom. The first-order valence-electron chi connectivity index (χ1n) is 6.36. The summed E-state index contributed by atoms with van der Waals surface area (Å²) in [5, 5.41) is 16.5. The number of hydrogen-bond donors (Lipinski definition) is 3. The second-order valence-electron chi connectivity index (χ2n) is 4.21. The molecule has 4 nitrogen and oxygen atoms in total. The maximum Gasteiger partial charge on any atom is 0.257 e. The third-order valence-electron chi connectivity index (χ3n) is 2.46. The first-order chi connectivity index (χ1) is 9.92. The zero-order valence-electron chi connectivity index (χ0n) is 11.4. The van der Waals surface area contributed by atoms with Crippen molar-refractivity contribution in [1.29, 1.82) is 0 Å². The van der Waals surface area contributed by atoms with Gasteiger partial charge in [-0.2, -0.15) is 0 Å². The molecule has 0 saturated carbocycles. The molecular formula is C13H17Cl2F2N3O. The number of hydrogen-bond acceptors (Lipinski definition) is 2. The normalized spacial score (nSPS) is 13.4. The number of aliphatic hydroxyl groups is 1. The van der Waals surface area contributed by atoms with Crippen LogP contribution in [0.3, 0.4) is 0 Å². The molecule has 1 aromatic rings. The lowest BCUT2D eigenvalue weighted by molar-refractivity contribution is 0.158. The second-order valence-corrected chi connectivity index (χ2v) is 5.08. The Hall–Kier alpha value is -1.11. The van der Waals surface area contributed by atoms with Crippen LogP contribution < -0.4 is 10.6 Å². The molecule has 0 aliphatic heterocycles. The Morgan fingerprint density at radius 2 is 1.86 bits per heavy atom. The second kappa shape index (κ2) is 9.02. The summed E-state index contributed by atoms with van der Waals surface area (Å²) in [4.78, 5) is 3.69. The molecule has 1 rings (SSSR count). The van der Waals surface area contributed by atoms with Crippen LogP contribution in [0.5, 0.6) is 0 Å². The fourth-order valence-corrected chi connectivity index (χ4v) is 2.12. The summed E-state index contributed by atoms with van der Waals surface area (Å²) >= 11 is 11.7. The highest BCUT2D eigenvalue weighted by Gasteiger charge is 2.11. The highest BCUT2D eigenvalue weighted by Crippen LogP contribution is 2.23. The SMILES string of the molecule is CCNC(=NCC(F)F)NCC(O)c1cc(Cl)cc(Cl)c1. The highest BCUT2D eigenvalue weighted by atomic mass is 35.5. The standard InChI is InChI=1S/C13H17Cl2F2N3O/c1-2-18-13(20-7-12(16)17)19-6-11(21)8-3-9(14)5-10(15)4-8/h3-5,11-12,21H,2,6-7H2,1H3,(H2,18,19,20). The maximum absolute atomic E-state index is 12.1. The van der Waals surface area contributed by atoms with Crippen LogP contribution in [0.1, 0.15) is 18.6 Å². The highest BCUT2D eigenvalue weighted by molar-refractivity contribution is 6.34. The van der Waals surface area contributed by atoms with Gasteiger partial charge in [0, 0.05) is 23.1 Å². The summed E-state index contributed by atoms with van der Waals surface area (Å²) in [7, 11) is 0. The van der Waals surface area contributed by atoms with E-state index in [9.17, 15) is 13.9 Å². The van der Waals surface area contributed by atoms with Gasteiger partial charge in [0.2, 0.25) is 0 Å². The molecule has 0 spiro atoms. The van der Waals surface area contributed by atoms with Crippen LogP contribution in [0.15, 0.2) is 23.2 Å². The van der Waals surface area contributed by atoms with E-state index >= 15 is 0 Å². The zero-order valence-corrected chi connectivity index (χ0v) is 12.9. The molecule has 1 atom stereocenters. The van der Waals surface area contributed by atoms with Crippen molar-refractivity contribution in [2.45, 2.75) is 19.5 Å². The molecule has 21 heavy (non-hydrogen) atoms. The van der Waals surface area contributed by atoms with Gasteiger partial charge in [-0.05, 0) is 30.7 Å². The van der Waals surface area contributed by atoms with Crippen LogP contribution in [-0.2, 0) is 0 Å². The largest absolute Gasteiger partial charge is 0.387 e. The van der Waals surface area contributed by atoms with Crippen molar-refractivity contribution in [2.24, 2.45) is 4.99 Å². The maximum atomic E-state index is 12.1. The van der Waals surface area contributed by atoms with Gasteiger partial charge in [-0.1, -0.05) is 23.2 Å². The van der Waals surface area contributed by atoms with Gasteiger partial charge in [0.25, 0.3) is 6.43 Å². The molecule has 0 bridgehead atoms. The molecule has 0 saturated heterocycles.